The van der Waals surface area contributed by atoms with Crippen LogP contribution in [-0.4, -0.2) is 62.0 Å². The Morgan fingerprint density at radius 3 is 1.77 bits per heavy atom. The topological polar surface area (TPSA) is 176 Å². The second kappa shape index (κ2) is 17.3. The number of alkyl halides is 6. The predicted molar refractivity (Wildman–Crippen MR) is 145 cm³/mol. The number of amides is 1. The van der Waals surface area contributed by atoms with Crippen molar-refractivity contribution in [2.75, 3.05) is 24.6 Å². The molecule has 0 aromatic carbocycles. The van der Waals surface area contributed by atoms with Gasteiger partial charge in [-0.1, -0.05) is 0 Å². The number of thioether (sulfide) groups is 2. The Kier molecular flexibility index (Phi) is 14.2. The van der Waals surface area contributed by atoms with Gasteiger partial charge in [-0.25, -0.2) is 4.79 Å². The van der Waals surface area contributed by atoms with E-state index in [1.54, 1.807) is 40.6 Å². The van der Waals surface area contributed by atoms with E-state index in [2.05, 4.69) is 15.5 Å². The largest absolute Gasteiger partial charge is 0.478 e. The summed E-state index contributed by atoms with van der Waals surface area (Å²) in [6.45, 7) is 0.998. The van der Waals surface area contributed by atoms with E-state index >= 15 is 0 Å². The minimum absolute atomic E-state index is 0.257. The maximum atomic E-state index is 12.6. The van der Waals surface area contributed by atoms with Crippen molar-refractivity contribution in [3.63, 3.8) is 0 Å². The van der Waals surface area contributed by atoms with Gasteiger partial charge in [0.2, 0.25) is 0 Å². The zero-order valence-electron chi connectivity index (χ0n) is 22.0. The Labute approximate surface area is 248 Å². The van der Waals surface area contributed by atoms with E-state index in [1.165, 1.54) is 11.8 Å². The summed E-state index contributed by atoms with van der Waals surface area (Å²) >= 11 is 3.30. The quantitative estimate of drug-likeness (QED) is 0.105. The van der Waals surface area contributed by atoms with Crippen LogP contribution in [0.3, 0.4) is 0 Å². The molecule has 19 heteroatoms. The maximum Gasteiger partial charge on any atom is 0.433 e. The summed E-state index contributed by atoms with van der Waals surface area (Å²) in [5.74, 6) is 2.52. The number of H-pyrrole nitrogens is 2. The van der Waals surface area contributed by atoms with Gasteiger partial charge in [0.15, 0.2) is 11.4 Å². The third kappa shape index (κ3) is 12.5. The van der Waals surface area contributed by atoms with Crippen molar-refractivity contribution in [3.8, 4) is 0 Å². The number of carboxylic acids is 1. The molecular formula is C24H26F6N6O5S2. The summed E-state index contributed by atoms with van der Waals surface area (Å²) in [5.41, 5.74) is 1.47. The van der Waals surface area contributed by atoms with Crippen LogP contribution in [0.15, 0.2) is 58.0 Å². The highest BCUT2D eigenvalue weighted by atomic mass is 32.2. The fraction of sp³-hybridized carbons (Fsp3) is 0.333. The van der Waals surface area contributed by atoms with Crippen molar-refractivity contribution in [1.29, 1.82) is 0 Å². The van der Waals surface area contributed by atoms with Crippen molar-refractivity contribution in [2.45, 2.75) is 23.9 Å². The molecule has 4 heterocycles. The van der Waals surface area contributed by atoms with Crippen molar-refractivity contribution in [3.05, 3.63) is 83.2 Å². The van der Waals surface area contributed by atoms with E-state index in [4.69, 9.17) is 19.7 Å². The predicted octanol–water partition coefficient (Wildman–Crippen LogP) is 5.28. The molecule has 0 radical (unpaired) electrons. The molecule has 0 saturated carbocycles. The van der Waals surface area contributed by atoms with Gasteiger partial charge < -0.3 is 25.0 Å². The highest BCUT2D eigenvalue weighted by Crippen LogP contribution is 2.30. The molecule has 0 fully saturated rings. The minimum Gasteiger partial charge on any atom is -0.478 e. The third-order valence-corrected chi connectivity index (χ3v) is 6.76. The fourth-order valence-electron chi connectivity index (χ4n) is 2.89. The Morgan fingerprint density at radius 2 is 1.35 bits per heavy atom. The molecule has 43 heavy (non-hydrogen) atoms. The standard InChI is InChI=1S/C12H12F3N3O2S.C7H11NOS.C5H3F3N2O2/c13-12(14,15)10-9(6-17-18-10)11(19)16-3-5-21-7-8-2-1-4-20-8;8-3-5-10-6-7-2-1-4-9-7;6-5(7,8)3-2(4(11)12)1-9-10-3/h1-2,4,6H,3,5,7H2,(H,16,19)(H,17,18);1-2,4H,3,5-6,8H2;1H,(H,9,10)(H,11,12). The molecule has 0 spiro atoms. The van der Waals surface area contributed by atoms with Crippen LogP contribution in [-0.2, 0) is 23.9 Å². The lowest BCUT2D eigenvalue weighted by Gasteiger charge is -2.07. The number of hydrogen-bond donors (Lipinski definition) is 5. The molecule has 4 rings (SSSR count). The number of carboxylic acid groups (broad SMARTS) is 1. The van der Waals surface area contributed by atoms with Crippen molar-refractivity contribution >= 4 is 35.4 Å². The van der Waals surface area contributed by atoms with Crippen molar-refractivity contribution in [1.82, 2.24) is 25.7 Å². The van der Waals surface area contributed by atoms with Crippen molar-refractivity contribution in [2.24, 2.45) is 5.73 Å². The second-order valence-electron chi connectivity index (χ2n) is 7.93. The lowest BCUT2D eigenvalue weighted by Crippen LogP contribution is -2.27. The molecule has 0 bridgehead atoms. The van der Waals surface area contributed by atoms with E-state index in [0.717, 1.165) is 35.8 Å². The normalized spacial score (nSPS) is 11.2. The number of nitrogens with one attached hydrogen (secondary N) is 3. The number of carbonyl (C=O) groups is 2. The number of furan rings is 2. The smallest absolute Gasteiger partial charge is 0.433 e. The van der Waals surface area contributed by atoms with Crippen LogP contribution in [0.1, 0.15) is 43.6 Å². The van der Waals surface area contributed by atoms with E-state index in [0.29, 0.717) is 17.7 Å². The van der Waals surface area contributed by atoms with Gasteiger partial charge in [0.25, 0.3) is 5.91 Å². The number of aromatic nitrogens is 4. The molecule has 4 aromatic heterocycles. The van der Waals surface area contributed by atoms with Gasteiger partial charge in [-0.2, -0.15) is 60.1 Å². The average molecular weight is 657 g/mol. The lowest BCUT2D eigenvalue weighted by atomic mass is 10.2. The Bertz CT molecular complexity index is 1360. The number of hydrogen-bond acceptors (Lipinski definition) is 9. The Hall–Kier alpha value is -3.84. The van der Waals surface area contributed by atoms with E-state index in [1.807, 2.05) is 18.2 Å². The molecule has 236 valence electrons. The van der Waals surface area contributed by atoms with Crippen LogP contribution in [0, 0.1) is 0 Å². The van der Waals surface area contributed by atoms with E-state index < -0.39 is 46.7 Å². The number of aromatic carboxylic acids is 1. The first-order valence-corrected chi connectivity index (χ1v) is 14.3. The zero-order valence-corrected chi connectivity index (χ0v) is 23.6. The summed E-state index contributed by atoms with van der Waals surface area (Å²) < 4.78 is 83.7. The number of nitrogens with zero attached hydrogens (tertiary/aromatic N) is 2. The molecule has 0 aliphatic rings. The Balaban J connectivity index is 0.000000248. The molecule has 6 N–H and O–H groups in total. The van der Waals surface area contributed by atoms with Crippen molar-refractivity contribution < 1.29 is 49.9 Å². The third-order valence-electron chi connectivity index (χ3n) is 4.76. The molecule has 11 nitrogen and oxygen atoms in total. The van der Waals surface area contributed by atoms with Crippen LogP contribution in [0.2, 0.25) is 0 Å². The molecule has 1 amide bonds. The number of carbonyl (C=O) groups excluding carboxylic acids is 1. The molecule has 0 atom stereocenters. The van der Waals surface area contributed by atoms with E-state index in [9.17, 15) is 35.9 Å². The summed E-state index contributed by atoms with van der Waals surface area (Å²) in [5, 5.41) is 20.3. The van der Waals surface area contributed by atoms with Crippen LogP contribution < -0.4 is 11.1 Å². The van der Waals surface area contributed by atoms with Gasteiger partial charge in [0.05, 0.1) is 42.0 Å². The van der Waals surface area contributed by atoms with Gasteiger partial charge in [0.1, 0.15) is 17.1 Å². The second-order valence-corrected chi connectivity index (χ2v) is 10.1. The number of aromatic amines is 2. The first-order chi connectivity index (χ1) is 20.3. The lowest BCUT2D eigenvalue weighted by molar-refractivity contribution is -0.142. The summed E-state index contributed by atoms with van der Waals surface area (Å²) in [6, 6.07) is 7.48. The van der Waals surface area contributed by atoms with Crippen LogP contribution >= 0.6 is 23.5 Å². The summed E-state index contributed by atoms with van der Waals surface area (Å²) in [6.07, 6.45) is -4.59. The summed E-state index contributed by atoms with van der Waals surface area (Å²) in [4.78, 5) is 21.8. The number of nitrogens with two attached hydrogens (primary N) is 1. The van der Waals surface area contributed by atoms with Gasteiger partial charge in [-0.05, 0) is 24.3 Å². The molecule has 0 saturated heterocycles. The minimum atomic E-state index is -4.70. The monoisotopic (exact) mass is 656 g/mol. The van der Waals surface area contributed by atoms with Gasteiger partial charge >= 0.3 is 18.3 Å². The maximum absolute atomic E-state index is 12.6. The van der Waals surface area contributed by atoms with Gasteiger partial charge in [-0.3, -0.25) is 15.0 Å². The molecule has 4 aromatic rings. The van der Waals surface area contributed by atoms with E-state index in [-0.39, 0.29) is 6.54 Å². The first-order valence-electron chi connectivity index (χ1n) is 12.0. The fourth-order valence-corrected chi connectivity index (χ4v) is 4.32. The SMILES string of the molecule is NCCSCc1ccco1.O=C(NCCSCc1ccco1)c1cn[nH]c1C(F)(F)F.O=C(O)c1cn[nH]c1C(F)(F)F. The highest BCUT2D eigenvalue weighted by molar-refractivity contribution is 7.98. The first kappa shape index (κ1) is 35.4. The molecular weight excluding hydrogens is 630 g/mol. The molecule has 0 unspecified atom stereocenters. The highest BCUT2D eigenvalue weighted by Gasteiger charge is 2.38. The molecule has 0 aliphatic heterocycles. The number of rotatable bonds is 11. The molecule has 0 aliphatic carbocycles. The van der Waals surface area contributed by atoms with Gasteiger partial charge in [-0.15, -0.1) is 0 Å². The summed E-state index contributed by atoms with van der Waals surface area (Å²) in [7, 11) is 0. The van der Waals surface area contributed by atoms with Crippen LogP contribution in [0.5, 0.6) is 0 Å². The van der Waals surface area contributed by atoms with Crippen LogP contribution in [0.25, 0.3) is 0 Å². The van der Waals surface area contributed by atoms with Gasteiger partial charge in [0, 0.05) is 24.6 Å². The number of halogens is 6. The Morgan fingerprint density at radius 1 is 0.860 bits per heavy atom. The zero-order chi connectivity index (χ0) is 31.9. The van der Waals surface area contributed by atoms with Crippen LogP contribution in [0.4, 0.5) is 26.3 Å². The average Bonchev–Trinajstić information content (AvgIpc) is 3.76.